The molecule has 3 rings (SSSR count). The van der Waals surface area contributed by atoms with Gasteiger partial charge in [-0.3, -0.25) is 4.79 Å². The molecule has 0 aromatic heterocycles. The van der Waals surface area contributed by atoms with E-state index in [4.69, 9.17) is 4.74 Å². The molecule has 6 nitrogen and oxygen atoms in total. The highest BCUT2D eigenvalue weighted by atomic mass is 32.2. The van der Waals surface area contributed by atoms with Crippen LogP contribution in [-0.4, -0.2) is 43.9 Å². The fourth-order valence-corrected chi connectivity index (χ4v) is 5.73. The summed E-state index contributed by atoms with van der Waals surface area (Å²) in [4.78, 5) is 13.1. The van der Waals surface area contributed by atoms with Crippen LogP contribution in [0.25, 0.3) is 0 Å². The quantitative estimate of drug-likeness (QED) is 0.784. The maximum Gasteiger partial charge on any atom is 0.261 e. The summed E-state index contributed by atoms with van der Waals surface area (Å²) in [6.45, 7) is 8.67. The molecule has 2 aliphatic rings. The van der Waals surface area contributed by atoms with E-state index in [1.165, 1.54) is 4.31 Å². The normalized spacial score (nSPS) is 27.3. The summed E-state index contributed by atoms with van der Waals surface area (Å²) in [5, 5.41) is 3.14. The first-order valence-corrected chi connectivity index (χ1v) is 11.8. The molecule has 1 aromatic carbocycles. The number of ether oxygens (including phenoxy) is 1. The zero-order chi connectivity index (χ0) is 20.5. The lowest BCUT2D eigenvalue weighted by atomic mass is 9.87. The zero-order valence-corrected chi connectivity index (χ0v) is 18.1. The van der Waals surface area contributed by atoms with Gasteiger partial charge < -0.3 is 10.1 Å². The van der Waals surface area contributed by atoms with Gasteiger partial charge in [0.2, 0.25) is 10.0 Å². The summed E-state index contributed by atoms with van der Waals surface area (Å²) in [6.07, 6.45) is 3.68. The molecule has 2 unspecified atom stereocenters. The van der Waals surface area contributed by atoms with Gasteiger partial charge >= 0.3 is 0 Å². The molecule has 2 atom stereocenters. The number of nitrogens with zero attached hydrogens (tertiary/aromatic N) is 1. The minimum atomic E-state index is -3.53. The first kappa shape index (κ1) is 21.1. The molecule has 1 aromatic rings. The van der Waals surface area contributed by atoms with E-state index in [2.05, 4.69) is 12.2 Å². The van der Waals surface area contributed by atoms with E-state index in [-0.39, 0.29) is 22.8 Å². The van der Waals surface area contributed by atoms with Crippen LogP contribution in [-0.2, 0) is 14.8 Å². The summed E-state index contributed by atoms with van der Waals surface area (Å²) in [6, 6.07) is 5.13. The van der Waals surface area contributed by atoms with E-state index >= 15 is 0 Å². The second-order valence-corrected chi connectivity index (χ2v) is 10.0. The van der Waals surface area contributed by atoms with Crippen molar-refractivity contribution >= 4 is 15.9 Å². The molecule has 0 saturated heterocycles. The number of hydrogen-bond donors (Lipinski definition) is 1. The smallest absolute Gasteiger partial charge is 0.261 e. The average molecular weight is 409 g/mol. The van der Waals surface area contributed by atoms with Crippen molar-refractivity contribution in [3.8, 4) is 5.75 Å². The van der Waals surface area contributed by atoms with Crippen LogP contribution in [0.4, 0.5) is 0 Å². The maximum atomic E-state index is 12.8. The Morgan fingerprint density at radius 2 is 1.79 bits per heavy atom. The van der Waals surface area contributed by atoms with Crippen molar-refractivity contribution in [2.24, 2.45) is 5.92 Å². The topological polar surface area (TPSA) is 75.7 Å². The van der Waals surface area contributed by atoms with Crippen LogP contribution in [0, 0.1) is 5.92 Å². The molecule has 1 amide bonds. The fourth-order valence-electron chi connectivity index (χ4n) is 4.23. The highest BCUT2D eigenvalue weighted by Crippen LogP contribution is 2.40. The van der Waals surface area contributed by atoms with Crippen molar-refractivity contribution in [1.82, 2.24) is 9.62 Å². The van der Waals surface area contributed by atoms with Crippen molar-refractivity contribution < 1.29 is 17.9 Å². The molecule has 1 saturated carbocycles. The van der Waals surface area contributed by atoms with Crippen molar-refractivity contribution in [1.29, 1.82) is 0 Å². The molecule has 0 bridgehead atoms. The van der Waals surface area contributed by atoms with Crippen LogP contribution in [0.1, 0.15) is 64.9 Å². The number of rotatable bonds is 6. The van der Waals surface area contributed by atoms with E-state index in [1.807, 2.05) is 20.8 Å². The predicted octanol–water partition coefficient (Wildman–Crippen LogP) is 3.28. The third-order valence-corrected chi connectivity index (χ3v) is 8.19. The Bertz CT molecular complexity index is 812. The monoisotopic (exact) mass is 408 g/mol. The summed E-state index contributed by atoms with van der Waals surface area (Å²) in [7, 11) is -3.53. The first-order valence-electron chi connectivity index (χ1n) is 10.4. The number of hydrogen-bond acceptors (Lipinski definition) is 4. The Kier molecular flexibility index (Phi) is 6.34. The van der Waals surface area contributed by atoms with Crippen molar-refractivity contribution in [3.63, 3.8) is 0 Å². The van der Waals surface area contributed by atoms with Crippen molar-refractivity contribution in [2.45, 2.75) is 76.3 Å². The summed E-state index contributed by atoms with van der Waals surface area (Å²) in [5.41, 5.74) is 0.783. The third-order valence-electron chi connectivity index (χ3n) is 6.14. The van der Waals surface area contributed by atoms with Gasteiger partial charge in [-0.1, -0.05) is 27.7 Å². The fraction of sp³-hybridized carbons (Fsp3) is 0.667. The molecule has 1 fully saturated rings. The second-order valence-electron chi connectivity index (χ2n) is 8.08. The second kappa shape index (κ2) is 8.41. The van der Waals surface area contributed by atoms with Crippen LogP contribution < -0.4 is 10.1 Å². The van der Waals surface area contributed by atoms with Gasteiger partial charge in [-0.25, -0.2) is 8.42 Å². The number of fused-ring (bicyclic) bond motifs is 1. The minimum Gasteiger partial charge on any atom is -0.480 e. The average Bonchev–Trinajstić information content (AvgIpc) is 3.01. The highest BCUT2D eigenvalue weighted by Gasteiger charge is 2.38. The SMILES string of the molecule is CCN(CC)S(=O)(=O)c1ccc2c(c1)C(C)C(C(=O)NC1CCC(C)CC1)O2. The number of carbonyl (C=O) groups excluding carboxylic acids is 1. The molecular weight excluding hydrogens is 376 g/mol. The first-order chi connectivity index (χ1) is 13.3. The Hall–Kier alpha value is -1.60. The van der Waals surface area contributed by atoms with Crippen LogP contribution in [0.5, 0.6) is 5.75 Å². The van der Waals surface area contributed by atoms with Gasteiger partial charge in [-0.05, 0) is 49.8 Å². The molecule has 1 aliphatic carbocycles. The molecule has 1 aliphatic heterocycles. The molecule has 1 heterocycles. The van der Waals surface area contributed by atoms with Crippen molar-refractivity contribution in [2.75, 3.05) is 13.1 Å². The number of nitrogens with one attached hydrogen (secondary N) is 1. The summed E-state index contributed by atoms with van der Waals surface area (Å²) >= 11 is 0. The van der Waals surface area contributed by atoms with E-state index in [1.54, 1.807) is 18.2 Å². The van der Waals surface area contributed by atoms with Gasteiger partial charge in [0.1, 0.15) is 5.75 Å². The van der Waals surface area contributed by atoms with Gasteiger partial charge in [0.25, 0.3) is 5.91 Å². The Labute approximate surface area is 168 Å². The van der Waals surface area contributed by atoms with E-state index in [0.717, 1.165) is 37.2 Å². The lowest BCUT2D eigenvalue weighted by molar-refractivity contribution is -0.128. The van der Waals surface area contributed by atoms with Crippen molar-refractivity contribution in [3.05, 3.63) is 23.8 Å². The van der Waals surface area contributed by atoms with Gasteiger partial charge in [0, 0.05) is 30.6 Å². The lowest BCUT2D eigenvalue weighted by Crippen LogP contribution is -2.45. The van der Waals surface area contributed by atoms with Gasteiger partial charge in [0.15, 0.2) is 6.10 Å². The standard InChI is InChI=1S/C21H32N2O4S/c1-5-23(6-2)28(25,26)17-11-12-19-18(13-17)15(4)20(27-19)21(24)22-16-9-7-14(3)8-10-16/h11-16,20H,5-10H2,1-4H3,(H,22,24). The van der Waals surface area contributed by atoms with Gasteiger partial charge in [-0.2, -0.15) is 4.31 Å². The number of amides is 1. The van der Waals surface area contributed by atoms with Gasteiger partial charge in [0.05, 0.1) is 4.90 Å². The molecular formula is C21H32N2O4S. The number of benzene rings is 1. The largest absolute Gasteiger partial charge is 0.480 e. The highest BCUT2D eigenvalue weighted by molar-refractivity contribution is 7.89. The summed E-state index contributed by atoms with van der Waals surface area (Å²) in [5.74, 6) is 1.04. The predicted molar refractivity (Wildman–Crippen MR) is 109 cm³/mol. The Morgan fingerprint density at radius 1 is 1.14 bits per heavy atom. The van der Waals surface area contributed by atoms with E-state index < -0.39 is 16.1 Å². The number of sulfonamides is 1. The molecule has 156 valence electrons. The van der Waals surface area contributed by atoms with E-state index in [9.17, 15) is 13.2 Å². The van der Waals surface area contributed by atoms with Crippen LogP contribution >= 0.6 is 0 Å². The third kappa shape index (κ3) is 4.06. The molecule has 28 heavy (non-hydrogen) atoms. The minimum absolute atomic E-state index is 0.101. The van der Waals surface area contributed by atoms with Crippen LogP contribution in [0.3, 0.4) is 0 Å². The summed E-state index contributed by atoms with van der Waals surface area (Å²) < 4.78 is 33.0. The molecule has 0 spiro atoms. The number of carbonyl (C=O) groups is 1. The Balaban J connectivity index is 1.74. The molecule has 0 radical (unpaired) electrons. The van der Waals surface area contributed by atoms with Crippen LogP contribution in [0.2, 0.25) is 0 Å². The van der Waals surface area contributed by atoms with Crippen LogP contribution in [0.15, 0.2) is 23.1 Å². The Morgan fingerprint density at radius 3 is 2.39 bits per heavy atom. The lowest BCUT2D eigenvalue weighted by Gasteiger charge is -2.28. The van der Waals surface area contributed by atoms with E-state index in [0.29, 0.717) is 18.8 Å². The van der Waals surface area contributed by atoms with Gasteiger partial charge in [-0.15, -0.1) is 0 Å². The zero-order valence-electron chi connectivity index (χ0n) is 17.3. The maximum absolute atomic E-state index is 12.8. The molecule has 7 heteroatoms. The molecule has 1 N–H and O–H groups in total.